The molecular formula is C75H138O6. The van der Waals surface area contributed by atoms with E-state index in [-0.39, 0.29) is 31.1 Å². The summed E-state index contributed by atoms with van der Waals surface area (Å²) < 4.78 is 17.0. The summed E-state index contributed by atoms with van der Waals surface area (Å²) in [5.74, 6) is -0.860. The number of carbonyl (C=O) groups excluding carboxylic acids is 3. The quantitative estimate of drug-likeness (QED) is 0.0261. The van der Waals surface area contributed by atoms with Gasteiger partial charge in [-0.2, -0.15) is 0 Å². The molecule has 0 heterocycles. The van der Waals surface area contributed by atoms with Gasteiger partial charge in [0, 0.05) is 19.3 Å². The second kappa shape index (κ2) is 69.9. The van der Waals surface area contributed by atoms with Crippen LogP contribution < -0.4 is 0 Å². The molecule has 6 nitrogen and oxygen atoms in total. The first-order valence-electron chi connectivity index (χ1n) is 36.1. The Balaban J connectivity index is 4.13. The van der Waals surface area contributed by atoms with Gasteiger partial charge in [0.1, 0.15) is 13.2 Å². The van der Waals surface area contributed by atoms with Gasteiger partial charge in [-0.3, -0.25) is 14.4 Å². The second-order valence-electron chi connectivity index (χ2n) is 24.5. The van der Waals surface area contributed by atoms with Gasteiger partial charge in [0.25, 0.3) is 0 Å². The number of unbranched alkanes of at least 4 members (excludes halogenated alkanes) is 48. The zero-order valence-electron chi connectivity index (χ0n) is 54.6. The molecule has 0 saturated carbocycles. The number of hydrogen-bond acceptors (Lipinski definition) is 6. The Morgan fingerprint density at radius 1 is 0.247 bits per heavy atom. The number of carbonyl (C=O) groups is 3. The summed E-state index contributed by atoms with van der Waals surface area (Å²) in [6, 6.07) is 0. The molecule has 0 bridgehead atoms. The first kappa shape index (κ1) is 78.4. The summed E-state index contributed by atoms with van der Waals surface area (Å²) in [7, 11) is 0. The van der Waals surface area contributed by atoms with Crippen LogP contribution in [0.15, 0.2) is 48.6 Å². The van der Waals surface area contributed by atoms with Crippen LogP contribution in [0.2, 0.25) is 0 Å². The molecule has 474 valence electrons. The zero-order chi connectivity index (χ0) is 58.5. The van der Waals surface area contributed by atoms with Gasteiger partial charge in [-0.1, -0.05) is 339 Å². The minimum absolute atomic E-state index is 0.0731. The van der Waals surface area contributed by atoms with Gasteiger partial charge >= 0.3 is 17.9 Å². The van der Waals surface area contributed by atoms with E-state index in [0.29, 0.717) is 19.3 Å². The molecule has 81 heavy (non-hydrogen) atoms. The molecule has 0 aliphatic heterocycles. The largest absolute Gasteiger partial charge is 0.462 e. The molecule has 0 aliphatic rings. The summed E-state index contributed by atoms with van der Waals surface area (Å²) in [6.45, 7) is 6.66. The molecule has 1 unspecified atom stereocenters. The van der Waals surface area contributed by atoms with Crippen LogP contribution in [0, 0.1) is 0 Å². The molecule has 0 radical (unpaired) electrons. The van der Waals surface area contributed by atoms with Crippen LogP contribution in [0.1, 0.15) is 393 Å². The van der Waals surface area contributed by atoms with Gasteiger partial charge in [0.15, 0.2) is 6.10 Å². The normalized spacial score (nSPS) is 12.3. The Bertz CT molecular complexity index is 1400. The maximum Gasteiger partial charge on any atom is 0.306 e. The van der Waals surface area contributed by atoms with Crippen LogP contribution >= 0.6 is 0 Å². The molecule has 6 heteroatoms. The zero-order valence-corrected chi connectivity index (χ0v) is 54.6. The van der Waals surface area contributed by atoms with Gasteiger partial charge in [-0.25, -0.2) is 0 Å². The van der Waals surface area contributed by atoms with E-state index >= 15 is 0 Å². The summed E-state index contributed by atoms with van der Waals surface area (Å²) in [4.78, 5) is 38.4. The Labute approximate surface area is 505 Å². The topological polar surface area (TPSA) is 78.9 Å². The van der Waals surface area contributed by atoms with Crippen LogP contribution in [0.4, 0.5) is 0 Å². The lowest BCUT2D eigenvalue weighted by Gasteiger charge is -2.18. The van der Waals surface area contributed by atoms with Crippen molar-refractivity contribution in [3.63, 3.8) is 0 Å². The van der Waals surface area contributed by atoms with E-state index in [1.165, 1.54) is 263 Å². The van der Waals surface area contributed by atoms with E-state index < -0.39 is 6.10 Å². The summed E-state index contributed by atoms with van der Waals surface area (Å²) in [5, 5.41) is 0. The molecule has 0 aromatic carbocycles. The molecule has 0 spiro atoms. The third-order valence-electron chi connectivity index (χ3n) is 16.3. The molecule has 0 aromatic heterocycles. The van der Waals surface area contributed by atoms with Crippen molar-refractivity contribution in [3.8, 4) is 0 Å². The third kappa shape index (κ3) is 68.0. The van der Waals surface area contributed by atoms with Gasteiger partial charge in [-0.05, 0) is 83.5 Å². The van der Waals surface area contributed by atoms with Crippen molar-refractivity contribution in [3.05, 3.63) is 48.6 Å². The smallest absolute Gasteiger partial charge is 0.306 e. The molecule has 0 aromatic rings. The van der Waals surface area contributed by atoms with E-state index in [1.807, 2.05) is 0 Å². The second-order valence-corrected chi connectivity index (χ2v) is 24.5. The fourth-order valence-corrected chi connectivity index (χ4v) is 10.9. The first-order valence-corrected chi connectivity index (χ1v) is 36.1. The van der Waals surface area contributed by atoms with E-state index in [0.717, 1.165) is 89.9 Å². The number of rotatable bonds is 67. The lowest BCUT2D eigenvalue weighted by atomic mass is 10.0. The lowest BCUT2D eigenvalue weighted by Crippen LogP contribution is -2.30. The van der Waals surface area contributed by atoms with Gasteiger partial charge in [-0.15, -0.1) is 0 Å². The average Bonchev–Trinajstić information content (AvgIpc) is 3.47. The van der Waals surface area contributed by atoms with Gasteiger partial charge < -0.3 is 14.2 Å². The fraction of sp³-hybridized carbons (Fsp3) is 0.853. The summed E-state index contributed by atoms with van der Waals surface area (Å²) in [6.07, 6.45) is 88.7. The van der Waals surface area contributed by atoms with E-state index in [2.05, 4.69) is 69.4 Å². The molecular weight excluding hydrogens is 997 g/mol. The number of allylic oxidation sites excluding steroid dienone is 8. The summed E-state index contributed by atoms with van der Waals surface area (Å²) >= 11 is 0. The standard InChI is InChI=1S/C75H138O6/c1-4-7-10-13-16-19-22-25-28-30-31-32-33-34-35-36-37-38-39-40-41-42-43-44-45-46-48-50-53-56-59-62-65-68-74(77)80-71-72(70-79-73(76)67-64-61-58-55-52-49-27-24-21-18-15-12-9-6-3)81-75(78)69-66-63-60-57-54-51-47-29-26-23-20-17-14-11-8-5-2/h20,22-23,25,29-31,47,72H,4-19,21,24,26-28,32-46,48-71H2,1-3H3/b23-20-,25-22-,31-30-,47-29-. The van der Waals surface area contributed by atoms with Crippen LogP contribution in [0.5, 0.6) is 0 Å². The molecule has 0 saturated heterocycles. The monoisotopic (exact) mass is 1140 g/mol. The Hall–Kier alpha value is -2.63. The molecule has 0 aliphatic carbocycles. The van der Waals surface area contributed by atoms with Crippen molar-refractivity contribution < 1.29 is 28.6 Å². The van der Waals surface area contributed by atoms with Crippen LogP contribution in [0.25, 0.3) is 0 Å². The van der Waals surface area contributed by atoms with Crippen molar-refractivity contribution in [2.45, 2.75) is 399 Å². The molecule has 1 atom stereocenters. The lowest BCUT2D eigenvalue weighted by molar-refractivity contribution is -0.167. The third-order valence-corrected chi connectivity index (χ3v) is 16.3. The highest BCUT2D eigenvalue weighted by molar-refractivity contribution is 5.71. The van der Waals surface area contributed by atoms with Crippen LogP contribution in [-0.2, 0) is 28.6 Å². The van der Waals surface area contributed by atoms with Crippen molar-refractivity contribution in [1.82, 2.24) is 0 Å². The highest BCUT2D eigenvalue weighted by atomic mass is 16.6. The highest BCUT2D eigenvalue weighted by Gasteiger charge is 2.19. The van der Waals surface area contributed by atoms with Crippen molar-refractivity contribution in [2.75, 3.05) is 13.2 Å². The van der Waals surface area contributed by atoms with Crippen LogP contribution in [-0.4, -0.2) is 37.2 Å². The molecule has 0 fully saturated rings. The van der Waals surface area contributed by atoms with Crippen molar-refractivity contribution in [1.29, 1.82) is 0 Å². The summed E-state index contributed by atoms with van der Waals surface area (Å²) in [5.41, 5.74) is 0. The number of hydrogen-bond donors (Lipinski definition) is 0. The van der Waals surface area contributed by atoms with E-state index in [4.69, 9.17) is 14.2 Å². The highest BCUT2D eigenvalue weighted by Crippen LogP contribution is 2.18. The van der Waals surface area contributed by atoms with Crippen LogP contribution in [0.3, 0.4) is 0 Å². The van der Waals surface area contributed by atoms with Crippen molar-refractivity contribution in [2.24, 2.45) is 0 Å². The van der Waals surface area contributed by atoms with Gasteiger partial charge in [0.05, 0.1) is 0 Å². The first-order chi connectivity index (χ1) is 40.0. The maximum atomic E-state index is 12.9. The minimum atomic E-state index is -0.778. The number of esters is 3. The molecule has 0 N–H and O–H groups in total. The maximum absolute atomic E-state index is 12.9. The molecule has 0 amide bonds. The van der Waals surface area contributed by atoms with E-state index in [1.54, 1.807) is 0 Å². The SMILES string of the molecule is CCCCCC/C=C\C/C=C\CCCCCCCC(=O)OC(COC(=O)CCCCCCCCCCCCCCCC)COC(=O)CCCCCCCCCCCCCCCCCCCCCCC/C=C\C/C=C\CCCCCCC. The minimum Gasteiger partial charge on any atom is -0.462 e. The average molecular weight is 1140 g/mol. The van der Waals surface area contributed by atoms with Gasteiger partial charge in [0.2, 0.25) is 0 Å². The predicted octanol–water partition coefficient (Wildman–Crippen LogP) is 24.9. The Morgan fingerprint density at radius 2 is 0.444 bits per heavy atom. The van der Waals surface area contributed by atoms with E-state index in [9.17, 15) is 14.4 Å². The predicted molar refractivity (Wildman–Crippen MR) is 353 cm³/mol. The number of ether oxygens (including phenoxy) is 3. The fourth-order valence-electron chi connectivity index (χ4n) is 10.9. The van der Waals surface area contributed by atoms with Crippen molar-refractivity contribution >= 4 is 17.9 Å². The molecule has 0 rings (SSSR count). The Kier molecular flexibility index (Phi) is 67.6. The Morgan fingerprint density at radius 3 is 0.691 bits per heavy atom.